The summed E-state index contributed by atoms with van der Waals surface area (Å²) in [5.41, 5.74) is 2.02. The Balaban J connectivity index is 1.55. The van der Waals surface area contributed by atoms with Crippen molar-refractivity contribution in [1.29, 1.82) is 0 Å². The minimum absolute atomic E-state index is 0.0125. The summed E-state index contributed by atoms with van der Waals surface area (Å²) in [5.74, 6) is 0.163. The zero-order chi connectivity index (χ0) is 22.9. The van der Waals surface area contributed by atoms with Crippen molar-refractivity contribution in [3.63, 3.8) is 0 Å². The molecule has 32 heavy (non-hydrogen) atoms. The van der Waals surface area contributed by atoms with E-state index in [1.165, 1.54) is 0 Å². The van der Waals surface area contributed by atoms with Crippen LogP contribution in [0.15, 0.2) is 54.6 Å². The van der Waals surface area contributed by atoms with Crippen LogP contribution in [-0.4, -0.2) is 78.9 Å². The van der Waals surface area contributed by atoms with Crippen LogP contribution in [0.2, 0.25) is 5.02 Å². The fourth-order valence-corrected chi connectivity index (χ4v) is 4.17. The Labute approximate surface area is 196 Å². The van der Waals surface area contributed by atoms with Crippen molar-refractivity contribution >= 4 is 23.4 Å². The van der Waals surface area contributed by atoms with Crippen LogP contribution in [-0.2, 0) is 9.59 Å². The highest BCUT2D eigenvalue weighted by molar-refractivity contribution is 6.30. The Kier molecular flexibility index (Phi) is 9.09. The summed E-state index contributed by atoms with van der Waals surface area (Å²) >= 11 is 6.05. The Bertz CT molecular complexity index is 863. The zero-order valence-corrected chi connectivity index (χ0v) is 19.7. The summed E-state index contributed by atoms with van der Waals surface area (Å²) in [6.45, 7) is 9.42. The summed E-state index contributed by atoms with van der Waals surface area (Å²) in [6.07, 6.45) is 0. The van der Waals surface area contributed by atoms with Gasteiger partial charge in [-0.2, -0.15) is 0 Å². The second kappa shape index (κ2) is 12.0. The van der Waals surface area contributed by atoms with Crippen molar-refractivity contribution in [1.82, 2.24) is 20.0 Å². The van der Waals surface area contributed by atoms with Gasteiger partial charge in [-0.05, 0) is 37.1 Å². The highest BCUT2D eigenvalue weighted by Gasteiger charge is 2.23. The van der Waals surface area contributed by atoms with Gasteiger partial charge < -0.3 is 10.2 Å². The average molecular weight is 457 g/mol. The third kappa shape index (κ3) is 6.79. The molecular weight excluding hydrogens is 424 g/mol. The molecular formula is C25H33ClN4O2. The number of rotatable bonds is 9. The molecule has 1 aliphatic heterocycles. The number of halogens is 1. The summed E-state index contributed by atoms with van der Waals surface area (Å²) in [4.78, 5) is 31.4. The molecule has 2 amide bonds. The average Bonchev–Trinajstić information content (AvgIpc) is 2.81. The van der Waals surface area contributed by atoms with Crippen molar-refractivity contribution < 1.29 is 9.59 Å². The molecule has 1 fully saturated rings. The predicted molar refractivity (Wildman–Crippen MR) is 129 cm³/mol. The Morgan fingerprint density at radius 1 is 0.875 bits per heavy atom. The molecule has 0 aromatic heterocycles. The highest BCUT2D eigenvalue weighted by atomic mass is 35.5. The topological polar surface area (TPSA) is 55.9 Å². The summed E-state index contributed by atoms with van der Waals surface area (Å²) in [5, 5.41) is 3.86. The maximum Gasteiger partial charge on any atom is 0.236 e. The number of carbonyl (C=O) groups is 2. The lowest BCUT2D eigenvalue weighted by molar-refractivity contribution is -0.133. The fourth-order valence-electron chi connectivity index (χ4n) is 4.04. The second-order valence-corrected chi connectivity index (χ2v) is 8.52. The number of likely N-dealkylation sites (N-methyl/N-ethyl adjacent to an activating group) is 1. The lowest BCUT2D eigenvalue weighted by Gasteiger charge is -2.35. The van der Waals surface area contributed by atoms with E-state index in [9.17, 15) is 9.59 Å². The highest BCUT2D eigenvalue weighted by Crippen LogP contribution is 2.23. The van der Waals surface area contributed by atoms with E-state index >= 15 is 0 Å². The van der Waals surface area contributed by atoms with Gasteiger partial charge in [0.25, 0.3) is 0 Å². The summed E-state index contributed by atoms with van der Waals surface area (Å²) in [7, 11) is 0. The molecule has 3 rings (SSSR count). The molecule has 0 aliphatic carbocycles. The zero-order valence-electron chi connectivity index (χ0n) is 19.0. The quantitative estimate of drug-likeness (QED) is 0.630. The maximum atomic E-state index is 12.9. The van der Waals surface area contributed by atoms with Gasteiger partial charge in [-0.3, -0.25) is 19.4 Å². The molecule has 1 saturated heterocycles. The van der Waals surface area contributed by atoms with Crippen molar-refractivity contribution in [2.75, 3.05) is 52.4 Å². The number of nitrogens with zero attached hydrogens (tertiary/aromatic N) is 3. The first-order valence-corrected chi connectivity index (χ1v) is 11.7. The number of hydrogen-bond donors (Lipinski definition) is 1. The van der Waals surface area contributed by atoms with Gasteiger partial charge in [-0.1, -0.05) is 54.1 Å². The smallest absolute Gasteiger partial charge is 0.236 e. The first kappa shape index (κ1) is 24.2. The number of hydrogen-bond acceptors (Lipinski definition) is 4. The normalized spacial score (nSPS) is 15.8. The van der Waals surface area contributed by atoms with Crippen molar-refractivity contribution in [2.45, 2.75) is 19.9 Å². The molecule has 7 heteroatoms. The summed E-state index contributed by atoms with van der Waals surface area (Å²) in [6, 6.07) is 17.3. The van der Waals surface area contributed by atoms with Gasteiger partial charge in [0.05, 0.1) is 19.1 Å². The molecule has 1 N–H and O–H groups in total. The predicted octanol–water partition coefficient (Wildman–Crippen LogP) is 3.03. The minimum Gasteiger partial charge on any atom is -0.344 e. The maximum absolute atomic E-state index is 12.9. The molecule has 0 bridgehead atoms. The molecule has 0 radical (unpaired) electrons. The van der Waals surface area contributed by atoms with E-state index in [1.54, 1.807) is 0 Å². The van der Waals surface area contributed by atoms with Crippen molar-refractivity contribution in [2.24, 2.45) is 0 Å². The van der Waals surface area contributed by atoms with Crippen molar-refractivity contribution in [3.8, 4) is 0 Å². The van der Waals surface area contributed by atoms with Crippen LogP contribution >= 0.6 is 11.6 Å². The van der Waals surface area contributed by atoms with Crippen LogP contribution < -0.4 is 5.32 Å². The molecule has 2 aromatic rings. The third-order valence-electron chi connectivity index (χ3n) is 5.95. The SMILES string of the molecule is CCN(CC)C(=O)CN1CCN(CC(=O)NC(c2ccccc2)c2ccc(Cl)cc2)CC1. The van der Waals surface area contributed by atoms with E-state index in [0.29, 0.717) is 18.1 Å². The van der Waals surface area contributed by atoms with Crippen LogP contribution in [0, 0.1) is 0 Å². The van der Waals surface area contributed by atoms with E-state index in [1.807, 2.05) is 73.3 Å². The Morgan fingerprint density at radius 3 is 1.97 bits per heavy atom. The lowest BCUT2D eigenvalue weighted by atomic mass is 9.98. The third-order valence-corrected chi connectivity index (χ3v) is 6.20. The van der Waals surface area contributed by atoms with E-state index in [2.05, 4.69) is 15.1 Å². The molecule has 0 spiro atoms. The van der Waals surface area contributed by atoms with Crippen LogP contribution in [0.5, 0.6) is 0 Å². The van der Waals surface area contributed by atoms with E-state index in [0.717, 1.165) is 50.4 Å². The number of piperazine rings is 1. The van der Waals surface area contributed by atoms with Crippen LogP contribution in [0.1, 0.15) is 31.0 Å². The van der Waals surface area contributed by atoms with Crippen LogP contribution in [0.3, 0.4) is 0 Å². The fraction of sp³-hybridized carbons (Fsp3) is 0.440. The molecule has 6 nitrogen and oxygen atoms in total. The van der Waals surface area contributed by atoms with Gasteiger partial charge in [0.2, 0.25) is 11.8 Å². The molecule has 1 atom stereocenters. The molecule has 1 heterocycles. The molecule has 1 unspecified atom stereocenters. The van der Waals surface area contributed by atoms with Gasteiger partial charge in [-0.15, -0.1) is 0 Å². The van der Waals surface area contributed by atoms with Gasteiger partial charge in [0.15, 0.2) is 0 Å². The number of nitrogens with one attached hydrogen (secondary N) is 1. The van der Waals surface area contributed by atoms with Gasteiger partial charge >= 0.3 is 0 Å². The molecule has 172 valence electrons. The van der Waals surface area contributed by atoms with Gasteiger partial charge in [-0.25, -0.2) is 0 Å². The Morgan fingerprint density at radius 2 is 1.41 bits per heavy atom. The second-order valence-electron chi connectivity index (χ2n) is 8.08. The first-order chi connectivity index (χ1) is 15.5. The molecule has 0 saturated carbocycles. The monoisotopic (exact) mass is 456 g/mol. The van der Waals surface area contributed by atoms with E-state index in [-0.39, 0.29) is 17.9 Å². The van der Waals surface area contributed by atoms with E-state index < -0.39 is 0 Å². The number of carbonyl (C=O) groups excluding carboxylic acids is 2. The molecule has 2 aromatic carbocycles. The lowest BCUT2D eigenvalue weighted by Crippen LogP contribution is -2.52. The van der Waals surface area contributed by atoms with Crippen molar-refractivity contribution in [3.05, 3.63) is 70.7 Å². The summed E-state index contributed by atoms with van der Waals surface area (Å²) < 4.78 is 0. The first-order valence-electron chi connectivity index (χ1n) is 11.3. The van der Waals surface area contributed by atoms with Crippen LogP contribution in [0.4, 0.5) is 0 Å². The number of benzene rings is 2. The van der Waals surface area contributed by atoms with Gasteiger partial charge in [0, 0.05) is 44.3 Å². The van der Waals surface area contributed by atoms with Crippen LogP contribution in [0.25, 0.3) is 0 Å². The largest absolute Gasteiger partial charge is 0.344 e. The number of amides is 2. The van der Waals surface area contributed by atoms with Gasteiger partial charge in [0.1, 0.15) is 0 Å². The Hall–Kier alpha value is -2.41. The standard InChI is InChI=1S/C25H33ClN4O2/c1-3-30(4-2)24(32)19-29-16-14-28(15-17-29)18-23(31)27-25(20-8-6-5-7-9-20)21-10-12-22(26)13-11-21/h5-13,25H,3-4,14-19H2,1-2H3,(H,27,31). The minimum atomic E-state index is -0.228. The van der Waals surface area contributed by atoms with E-state index in [4.69, 9.17) is 11.6 Å². The molecule has 1 aliphatic rings.